The molecular weight excluding hydrogens is 448 g/mol. The Kier molecular flexibility index (Phi) is 19.0. The molecule has 204 valence electrons. The van der Waals surface area contributed by atoms with Crippen molar-refractivity contribution in [2.24, 2.45) is 0 Å². The van der Waals surface area contributed by atoms with Gasteiger partial charge in [0.25, 0.3) is 0 Å². The van der Waals surface area contributed by atoms with Crippen LogP contribution in [0.25, 0.3) is 0 Å². The summed E-state index contributed by atoms with van der Waals surface area (Å²) in [4.78, 5) is 12.0. The van der Waals surface area contributed by atoms with Gasteiger partial charge in [0, 0.05) is 13.0 Å². The summed E-state index contributed by atoms with van der Waals surface area (Å²) in [5.41, 5.74) is 0. The van der Waals surface area contributed by atoms with Crippen molar-refractivity contribution in [2.75, 3.05) is 13.2 Å². The molecule has 1 rings (SSSR count). The number of carbonyl (C=O) groups excluding carboxylic acids is 1. The molecule has 1 heterocycles. The van der Waals surface area contributed by atoms with Crippen LogP contribution in [0.3, 0.4) is 0 Å². The molecule has 0 bridgehead atoms. The number of aliphatic hydroxyl groups excluding tert-OH is 3. The van der Waals surface area contributed by atoms with Crippen molar-refractivity contribution >= 4 is 5.97 Å². The predicted molar refractivity (Wildman–Crippen MR) is 138 cm³/mol. The SMILES string of the molecule is CCCCC/C=C\C/C=C\CCCCCCCC(=O)OC[C@H]1O[C@H](OCCCC)[C@H](O)[C@@H](O)[C@@H]1O. The minimum absolute atomic E-state index is 0.183. The third kappa shape index (κ3) is 14.8. The van der Waals surface area contributed by atoms with Gasteiger partial charge in [-0.1, -0.05) is 76.7 Å². The van der Waals surface area contributed by atoms with Gasteiger partial charge in [-0.15, -0.1) is 0 Å². The molecule has 7 nitrogen and oxygen atoms in total. The lowest BCUT2D eigenvalue weighted by atomic mass is 9.99. The normalized spacial score (nSPS) is 25.0. The number of carbonyl (C=O) groups is 1. The molecule has 0 aliphatic carbocycles. The highest BCUT2D eigenvalue weighted by molar-refractivity contribution is 5.69. The van der Waals surface area contributed by atoms with Crippen LogP contribution in [0.2, 0.25) is 0 Å². The van der Waals surface area contributed by atoms with Crippen molar-refractivity contribution in [3.63, 3.8) is 0 Å². The minimum atomic E-state index is -1.42. The van der Waals surface area contributed by atoms with Crippen LogP contribution in [0.15, 0.2) is 24.3 Å². The number of aliphatic hydroxyl groups is 3. The first-order valence-electron chi connectivity index (χ1n) is 13.8. The van der Waals surface area contributed by atoms with Crippen molar-refractivity contribution in [1.29, 1.82) is 0 Å². The van der Waals surface area contributed by atoms with Crippen molar-refractivity contribution in [2.45, 2.75) is 134 Å². The summed E-state index contributed by atoms with van der Waals surface area (Å²) in [5.74, 6) is -0.351. The zero-order valence-corrected chi connectivity index (χ0v) is 22.0. The van der Waals surface area contributed by atoms with Gasteiger partial charge in [0.15, 0.2) is 6.29 Å². The Balaban J connectivity index is 2.07. The Morgan fingerprint density at radius 1 is 0.771 bits per heavy atom. The number of hydrogen-bond donors (Lipinski definition) is 3. The topological polar surface area (TPSA) is 105 Å². The zero-order valence-electron chi connectivity index (χ0n) is 22.0. The standard InChI is InChI=1S/C28H50O7/c1-3-5-7-8-9-10-11-12-13-14-15-16-17-18-19-20-24(29)34-22-23-25(30)26(31)27(32)28(35-23)33-21-6-4-2/h9-10,12-13,23,25-28,30-32H,3-8,11,14-22H2,1-2H3/b10-9-,13-12-/t23-,25-,26+,27-,28+/m1/s1. The molecule has 0 amide bonds. The Labute approximate surface area is 212 Å². The highest BCUT2D eigenvalue weighted by Gasteiger charge is 2.44. The van der Waals surface area contributed by atoms with E-state index in [0.717, 1.165) is 57.8 Å². The van der Waals surface area contributed by atoms with Crippen LogP contribution in [-0.4, -0.2) is 65.2 Å². The Bertz CT molecular complexity index is 578. The molecule has 1 fully saturated rings. The summed E-state index contributed by atoms with van der Waals surface area (Å²) in [5, 5.41) is 30.2. The second-order valence-electron chi connectivity index (χ2n) is 9.40. The smallest absolute Gasteiger partial charge is 0.305 e. The van der Waals surface area contributed by atoms with Gasteiger partial charge in [-0.05, 0) is 44.9 Å². The van der Waals surface area contributed by atoms with E-state index in [1.54, 1.807) is 0 Å². The van der Waals surface area contributed by atoms with Crippen molar-refractivity contribution in [1.82, 2.24) is 0 Å². The lowest BCUT2D eigenvalue weighted by Crippen LogP contribution is -2.59. The van der Waals surface area contributed by atoms with E-state index in [1.165, 1.54) is 25.7 Å². The van der Waals surface area contributed by atoms with E-state index in [0.29, 0.717) is 13.0 Å². The highest BCUT2D eigenvalue weighted by Crippen LogP contribution is 2.23. The van der Waals surface area contributed by atoms with Crippen LogP contribution in [0.1, 0.15) is 104 Å². The molecule has 0 unspecified atom stereocenters. The number of hydrogen-bond acceptors (Lipinski definition) is 7. The molecule has 1 saturated heterocycles. The number of ether oxygens (including phenoxy) is 3. The van der Waals surface area contributed by atoms with E-state index in [4.69, 9.17) is 14.2 Å². The quantitative estimate of drug-likeness (QED) is 0.124. The molecule has 1 aliphatic heterocycles. The van der Waals surface area contributed by atoms with Crippen LogP contribution < -0.4 is 0 Å². The predicted octanol–water partition coefficient (Wildman–Crippen LogP) is 4.97. The second kappa shape index (κ2) is 20.9. The molecule has 35 heavy (non-hydrogen) atoms. The van der Waals surface area contributed by atoms with Crippen LogP contribution in [0.4, 0.5) is 0 Å². The lowest BCUT2D eigenvalue weighted by molar-refractivity contribution is -0.301. The summed E-state index contributed by atoms with van der Waals surface area (Å²) in [7, 11) is 0. The molecule has 0 radical (unpaired) electrons. The van der Waals surface area contributed by atoms with Gasteiger partial charge in [0.2, 0.25) is 0 Å². The molecule has 5 atom stereocenters. The lowest BCUT2D eigenvalue weighted by Gasteiger charge is -2.39. The van der Waals surface area contributed by atoms with Crippen LogP contribution >= 0.6 is 0 Å². The average Bonchev–Trinajstić information content (AvgIpc) is 2.85. The van der Waals surface area contributed by atoms with Crippen LogP contribution in [0.5, 0.6) is 0 Å². The van der Waals surface area contributed by atoms with E-state index in [9.17, 15) is 20.1 Å². The average molecular weight is 499 g/mol. The van der Waals surface area contributed by atoms with E-state index in [2.05, 4.69) is 31.2 Å². The Morgan fingerprint density at radius 2 is 1.40 bits per heavy atom. The third-order valence-corrected chi connectivity index (χ3v) is 6.19. The number of rotatable bonds is 20. The van der Waals surface area contributed by atoms with Gasteiger partial charge in [0.1, 0.15) is 31.0 Å². The summed E-state index contributed by atoms with van der Waals surface area (Å²) in [6, 6.07) is 0. The van der Waals surface area contributed by atoms with Gasteiger partial charge in [-0.25, -0.2) is 0 Å². The monoisotopic (exact) mass is 498 g/mol. The van der Waals surface area contributed by atoms with Crippen molar-refractivity contribution in [3.05, 3.63) is 24.3 Å². The van der Waals surface area contributed by atoms with Gasteiger partial charge in [-0.3, -0.25) is 4.79 Å². The molecule has 1 aliphatic rings. The first-order chi connectivity index (χ1) is 17.0. The Morgan fingerprint density at radius 3 is 2.09 bits per heavy atom. The van der Waals surface area contributed by atoms with Crippen molar-refractivity contribution < 1.29 is 34.3 Å². The van der Waals surface area contributed by atoms with E-state index in [1.807, 2.05) is 6.92 Å². The maximum absolute atomic E-state index is 12.0. The summed E-state index contributed by atoms with van der Waals surface area (Å²) in [6.07, 6.45) is 17.2. The van der Waals surface area contributed by atoms with E-state index < -0.39 is 30.7 Å². The maximum Gasteiger partial charge on any atom is 0.305 e. The zero-order chi connectivity index (χ0) is 25.7. The summed E-state index contributed by atoms with van der Waals surface area (Å²) in [6.45, 7) is 4.43. The molecule has 0 aromatic heterocycles. The van der Waals surface area contributed by atoms with Gasteiger partial charge >= 0.3 is 5.97 Å². The third-order valence-electron chi connectivity index (χ3n) is 6.19. The van der Waals surface area contributed by atoms with Crippen molar-refractivity contribution in [3.8, 4) is 0 Å². The molecule has 0 saturated carbocycles. The van der Waals surface area contributed by atoms with Crippen LogP contribution in [-0.2, 0) is 19.0 Å². The molecule has 0 aromatic rings. The Hall–Kier alpha value is -1.25. The van der Waals surface area contributed by atoms with Gasteiger partial charge < -0.3 is 29.5 Å². The fourth-order valence-corrected chi connectivity index (χ4v) is 3.86. The summed E-state index contributed by atoms with van der Waals surface area (Å²) < 4.78 is 16.2. The molecule has 0 aromatic carbocycles. The van der Waals surface area contributed by atoms with Gasteiger partial charge in [0.05, 0.1) is 0 Å². The minimum Gasteiger partial charge on any atom is -0.463 e. The molecule has 0 spiro atoms. The second-order valence-corrected chi connectivity index (χ2v) is 9.40. The largest absolute Gasteiger partial charge is 0.463 e. The summed E-state index contributed by atoms with van der Waals surface area (Å²) >= 11 is 0. The van der Waals surface area contributed by atoms with E-state index >= 15 is 0 Å². The first kappa shape index (κ1) is 31.8. The fraction of sp³-hybridized carbons (Fsp3) is 0.821. The van der Waals surface area contributed by atoms with Crippen LogP contribution in [0, 0.1) is 0 Å². The number of allylic oxidation sites excluding steroid dienone is 4. The number of esters is 1. The number of unbranched alkanes of at least 4 members (excludes halogenated alkanes) is 9. The maximum atomic E-state index is 12.0. The fourth-order valence-electron chi connectivity index (χ4n) is 3.86. The molecular formula is C28H50O7. The van der Waals surface area contributed by atoms with E-state index in [-0.39, 0.29) is 12.6 Å². The molecule has 7 heteroatoms. The first-order valence-corrected chi connectivity index (χ1v) is 13.8. The molecule has 3 N–H and O–H groups in total. The highest BCUT2D eigenvalue weighted by atomic mass is 16.7. The van der Waals surface area contributed by atoms with Gasteiger partial charge in [-0.2, -0.15) is 0 Å².